The number of rotatable bonds is 5. The third-order valence-corrected chi connectivity index (χ3v) is 5.17. The Morgan fingerprint density at radius 2 is 0.824 bits per heavy atom. The Morgan fingerprint density at radius 1 is 0.529 bits per heavy atom. The van der Waals surface area contributed by atoms with Crippen molar-refractivity contribution in [1.29, 1.82) is 0 Å². The molecule has 34 heavy (non-hydrogen) atoms. The summed E-state index contributed by atoms with van der Waals surface area (Å²) in [6, 6.07) is 0. The van der Waals surface area contributed by atoms with Crippen molar-refractivity contribution < 1.29 is 29.1 Å². The van der Waals surface area contributed by atoms with Crippen LogP contribution in [0.1, 0.15) is 83.1 Å². The van der Waals surface area contributed by atoms with E-state index < -0.39 is 22.0 Å². The van der Waals surface area contributed by atoms with Crippen LogP contribution in [0.4, 0.5) is 0 Å². The van der Waals surface area contributed by atoms with Crippen LogP contribution in [0.2, 0.25) is 0 Å². The van der Waals surface area contributed by atoms with Crippen LogP contribution in [0.3, 0.4) is 0 Å². The Morgan fingerprint density at radius 3 is 1.06 bits per heavy atom. The van der Waals surface area contributed by atoms with Crippen LogP contribution in [-0.4, -0.2) is 22.8 Å². The molecule has 2 unspecified atom stereocenters. The van der Waals surface area contributed by atoms with Gasteiger partial charge in [-0.25, -0.2) is 0 Å². The van der Waals surface area contributed by atoms with E-state index in [2.05, 4.69) is 0 Å². The lowest BCUT2D eigenvalue weighted by atomic mass is 9.72. The van der Waals surface area contributed by atoms with Crippen molar-refractivity contribution in [2.75, 3.05) is 0 Å². The smallest absolute Gasteiger partial charge is 0.227 e. The molecule has 0 bridgehead atoms. The summed E-state index contributed by atoms with van der Waals surface area (Å²) in [5.41, 5.74) is -0.698. The number of hydrogen-bond acceptors (Lipinski definition) is 6. The maximum Gasteiger partial charge on any atom is 0.227 e. The fourth-order valence-corrected chi connectivity index (χ4v) is 3.50. The topological polar surface area (TPSA) is 71.1 Å². The van der Waals surface area contributed by atoms with E-state index in [0.717, 1.165) is 0 Å². The lowest BCUT2D eigenvalue weighted by Gasteiger charge is -2.33. The van der Waals surface area contributed by atoms with E-state index in [9.17, 15) is 9.59 Å². The molecule has 0 aromatic heterocycles. The van der Waals surface area contributed by atoms with Gasteiger partial charge >= 0.3 is 0 Å². The van der Waals surface area contributed by atoms with Crippen LogP contribution < -0.4 is 0 Å². The Hall–Kier alpha value is -2.18. The van der Waals surface area contributed by atoms with Gasteiger partial charge in [0, 0.05) is 23.0 Å². The average molecular weight is 475 g/mol. The first-order chi connectivity index (χ1) is 15.2. The van der Waals surface area contributed by atoms with Crippen LogP contribution in [0, 0.1) is 22.7 Å². The fraction of sp³-hybridized carbons (Fsp3) is 0.643. The summed E-state index contributed by atoms with van der Waals surface area (Å²) in [5, 5.41) is 0. The minimum Gasteiger partial charge on any atom is -0.333 e. The molecule has 0 N–H and O–H groups in total. The first-order valence-electron chi connectivity index (χ1n) is 11.9. The Bertz CT molecular complexity index is 855. The maximum absolute atomic E-state index is 13.2. The van der Waals surface area contributed by atoms with Crippen LogP contribution in [0.25, 0.3) is 0 Å². The highest BCUT2D eigenvalue weighted by atomic mass is 17.2. The number of allylic oxidation sites excluding steroid dienone is 6. The van der Waals surface area contributed by atoms with Crippen molar-refractivity contribution >= 4 is 11.6 Å². The number of carbonyl (C=O) groups is 2. The number of carbonyl (C=O) groups excluding carboxylic acids is 2. The van der Waals surface area contributed by atoms with Crippen molar-refractivity contribution in [2.45, 2.75) is 94.3 Å². The lowest BCUT2D eigenvalue weighted by molar-refractivity contribution is -0.319. The van der Waals surface area contributed by atoms with Gasteiger partial charge in [0.1, 0.15) is 11.2 Å². The Labute approximate surface area is 204 Å². The van der Waals surface area contributed by atoms with Gasteiger partial charge in [-0.2, -0.15) is 9.78 Å². The molecule has 0 spiro atoms. The highest BCUT2D eigenvalue weighted by Crippen LogP contribution is 2.41. The fourth-order valence-electron chi connectivity index (χ4n) is 3.50. The first kappa shape index (κ1) is 28.1. The van der Waals surface area contributed by atoms with E-state index in [-0.39, 0.29) is 34.9 Å². The molecular formula is C28H42O6. The van der Waals surface area contributed by atoms with Crippen LogP contribution in [-0.2, 0) is 29.1 Å². The summed E-state index contributed by atoms with van der Waals surface area (Å²) in [6.07, 6.45) is 7.45. The minimum atomic E-state index is -0.582. The van der Waals surface area contributed by atoms with Crippen molar-refractivity contribution in [3.8, 4) is 0 Å². The molecule has 0 aromatic rings. The lowest BCUT2D eigenvalue weighted by Crippen LogP contribution is -2.31. The first-order valence-corrected chi connectivity index (χ1v) is 11.9. The second-order valence-corrected chi connectivity index (χ2v) is 13.1. The van der Waals surface area contributed by atoms with Gasteiger partial charge in [0.25, 0.3) is 0 Å². The minimum absolute atomic E-state index is 0.150. The normalized spacial score (nSPS) is 22.6. The van der Waals surface area contributed by atoms with Gasteiger partial charge < -0.3 is 9.78 Å². The van der Waals surface area contributed by atoms with Crippen LogP contribution in [0.15, 0.2) is 47.0 Å². The van der Waals surface area contributed by atoms with Gasteiger partial charge in [0.2, 0.25) is 23.1 Å². The molecule has 2 aliphatic carbocycles. The van der Waals surface area contributed by atoms with Crippen molar-refractivity contribution in [3.63, 3.8) is 0 Å². The van der Waals surface area contributed by atoms with Crippen LogP contribution in [0.5, 0.6) is 0 Å². The van der Waals surface area contributed by atoms with Crippen LogP contribution >= 0.6 is 0 Å². The molecule has 0 radical (unpaired) electrons. The quantitative estimate of drug-likeness (QED) is 0.331. The molecule has 2 atom stereocenters. The Balaban J connectivity index is 2.56. The van der Waals surface area contributed by atoms with E-state index in [1.807, 2.05) is 95.2 Å². The molecule has 0 aliphatic heterocycles. The molecule has 2 rings (SSSR count). The predicted molar refractivity (Wildman–Crippen MR) is 132 cm³/mol. The number of hydrogen-bond donors (Lipinski definition) is 0. The average Bonchev–Trinajstić information content (AvgIpc) is 2.63. The molecule has 0 fully saturated rings. The zero-order valence-electron chi connectivity index (χ0n) is 22.9. The van der Waals surface area contributed by atoms with Crippen molar-refractivity contribution in [1.82, 2.24) is 0 Å². The van der Waals surface area contributed by atoms with Crippen molar-refractivity contribution in [3.05, 3.63) is 47.0 Å². The molecule has 6 nitrogen and oxygen atoms in total. The summed E-state index contributed by atoms with van der Waals surface area (Å²) in [5.74, 6) is -0.588. The van der Waals surface area contributed by atoms with E-state index in [1.54, 1.807) is 12.2 Å². The molecule has 6 heteroatoms. The van der Waals surface area contributed by atoms with Gasteiger partial charge in [-0.15, -0.1) is 0 Å². The van der Waals surface area contributed by atoms with Gasteiger partial charge in [-0.05, 0) is 64.5 Å². The molecule has 0 saturated carbocycles. The van der Waals surface area contributed by atoms with E-state index in [0.29, 0.717) is 11.1 Å². The zero-order valence-corrected chi connectivity index (χ0v) is 22.9. The highest BCUT2D eigenvalue weighted by Gasteiger charge is 2.38. The monoisotopic (exact) mass is 474 g/mol. The Kier molecular flexibility index (Phi) is 7.81. The molecule has 2 aliphatic rings. The molecule has 0 heterocycles. The van der Waals surface area contributed by atoms with E-state index in [4.69, 9.17) is 19.6 Å². The second-order valence-electron chi connectivity index (χ2n) is 13.1. The summed E-state index contributed by atoms with van der Waals surface area (Å²) >= 11 is 0. The SMILES string of the molecule is CC(C)(C)OOC1=CC(C2C=C(OOC(C)(C)C)C(=O)C(C(C)(C)C)=C2)C=C(C(C)(C)C)C1=O. The van der Waals surface area contributed by atoms with Gasteiger partial charge in [0.15, 0.2) is 0 Å². The largest absolute Gasteiger partial charge is 0.333 e. The standard InChI is InChI=1S/C28H42O6/c1-25(2,3)19-13-17(15-21(23(19)29)31-33-27(7,8)9)18-14-20(26(4,5)6)24(30)22(16-18)32-34-28(10,11)12/h13-18H,1-12H3. The molecule has 190 valence electrons. The number of ketones is 2. The molecule has 0 amide bonds. The zero-order chi connectivity index (χ0) is 26.3. The second kappa shape index (κ2) is 9.46. The third-order valence-electron chi connectivity index (χ3n) is 5.17. The van der Waals surface area contributed by atoms with Gasteiger partial charge in [-0.1, -0.05) is 53.7 Å². The summed E-state index contributed by atoms with van der Waals surface area (Å²) in [6.45, 7) is 23.1. The third kappa shape index (κ3) is 7.41. The number of Topliss-reactive ketones (excluding diaryl/α,β-unsaturated/α-hetero) is 2. The maximum atomic E-state index is 13.2. The van der Waals surface area contributed by atoms with E-state index in [1.165, 1.54) is 0 Å². The molecule has 0 aromatic carbocycles. The summed E-state index contributed by atoms with van der Waals surface area (Å²) < 4.78 is 0. The molecule has 0 saturated heterocycles. The highest BCUT2D eigenvalue weighted by molar-refractivity contribution is 6.09. The summed E-state index contributed by atoms with van der Waals surface area (Å²) in [4.78, 5) is 48.5. The summed E-state index contributed by atoms with van der Waals surface area (Å²) in [7, 11) is 0. The molecular weight excluding hydrogens is 432 g/mol. The van der Waals surface area contributed by atoms with E-state index >= 15 is 0 Å². The van der Waals surface area contributed by atoms with Gasteiger partial charge in [-0.3, -0.25) is 9.59 Å². The van der Waals surface area contributed by atoms with Crippen molar-refractivity contribution in [2.24, 2.45) is 22.7 Å². The van der Waals surface area contributed by atoms with Gasteiger partial charge in [0.05, 0.1) is 0 Å². The predicted octanol–water partition coefficient (Wildman–Crippen LogP) is 6.59.